The van der Waals surface area contributed by atoms with Gasteiger partial charge in [0.2, 0.25) is 11.8 Å². The standard InChI is InChI=1S/C32H33F2N5O2/c1-30(22-14-23(33)16-24(34)15-22)19-37-32(8-2-3-9-32)29(41)39(30)12-11-35-25-7-6-20-17-31(18-21(20)13-25)26-5-4-10-36-27(26)38-28(31)40/h4-7,10,13-16,35,37H,2-3,8-9,11-12,17-19H2,1H3,(H,36,38,40)/t30-,31+/m0/s1. The van der Waals surface area contributed by atoms with Crippen LogP contribution in [0.2, 0.25) is 0 Å². The fraction of sp³-hybridized carbons (Fsp3) is 0.406. The van der Waals surface area contributed by atoms with Gasteiger partial charge in [-0.25, -0.2) is 13.8 Å². The number of nitrogens with one attached hydrogen (secondary N) is 3. The maximum atomic E-state index is 14.3. The van der Waals surface area contributed by atoms with Crippen LogP contribution in [0.15, 0.2) is 54.7 Å². The van der Waals surface area contributed by atoms with Crippen LogP contribution in [-0.2, 0) is 33.4 Å². The molecular weight excluding hydrogens is 524 g/mol. The predicted octanol–water partition coefficient (Wildman–Crippen LogP) is 4.42. The van der Waals surface area contributed by atoms with Gasteiger partial charge in [-0.2, -0.15) is 0 Å². The normalized spacial score (nSPS) is 26.0. The van der Waals surface area contributed by atoms with E-state index >= 15 is 0 Å². The second-order valence-corrected chi connectivity index (χ2v) is 12.2. The van der Waals surface area contributed by atoms with E-state index in [0.29, 0.717) is 43.9 Å². The van der Waals surface area contributed by atoms with E-state index in [4.69, 9.17) is 0 Å². The minimum Gasteiger partial charge on any atom is -0.383 e. The van der Waals surface area contributed by atoms with Crippen LogP contribution in [0.25, 0.3) is 0 Å². The van der Waals surface area contributed by atoms with Crippen molar-refractivity contribution in [2.24, 2.45) is 0 Å². The van der Waals surface area contributed by atoms with Gasteiger partial charge in [-0.05, 0) is 79.6 Å². The number of anilines is 2. The summed E-state index contributed by atoms with van der Waals surface area (Å²) in [5, 5.41) is 9.89. The molecule has 2 aromatic carbocycles. The molecule has 7 nitrogen and oxygen atoms in total. The number of fused-ring (bicyclic) bond motifs is 3. The first-order valence-electron chi connectivity index (χ1n) is 14.4. The molecular formula is C32H33F2N5O2. The predicted molar refractivity (Wildman–Crippen MR) is 152 cm³/mol. The van der Waals surface area contributed by atoms with Crippen LogP contribution in [0.3, 0.4) is 0 Å². The lowest BCUT2D eigenvalue weighted by Gasteiger charge is -2.52. The highest BCUT2D eigenvalue weighted by molar-refractivity contribution is 6.06. The molecule has 2 spiro atoms. The van der Waals surface area contributed by atoms with E-state index in [-0.39, 0.29) is 11.8 Å². The van der Waals surface area contributed by atoms with Gasteiger partial charge in [0.15, 0.2) is 0 Å². The summed E-state index contributed by atoms with van der Waals surface area (Å²) >= 11 is 0. The summed E-state index contributed by atoms with van der Waals surface area (Å²) in [6.07, 6.45) is 6.41. The lowest BCUT2D eigenvalue weighted by molar-refractivity contribution is -0.150. The number of amides is 2. The van der Waals surface area contributed by atoms with Crippen molar-refractivity contribution in [1.29, 1.82) is 0 Å². The first-order chi connectivity index (χ1) is 19.7. The Morgan fingerprint density at radius 3 is 2.54 bits per heavy atom. The Morgan fingerprint density at radius 2 is 1.76 bits per heavy atom. The fourth-order valence-corrected chi connectivity index (χ4v) is 7.52. The molecule has 0 radical (unpaired) electrons. The van der Waals surface area contributed by atoms with E-state index in [1.807, 2.05) is 30.0 Å². The van der Waals surface area contributed by atoms with E-state index in [0.717, 1.165) is 54.1 Å². The smallest absolute Gasteiger partial charge is 0.243 e. The molecule has 2 amide bonds. The van der Waals surface area contributed by atoms with Crippen molar-refractivity contribution in [2.45, 2.75) is 61.9 Å². The summed E-state index contributed by atoms with van der Waals surface area (Å²) < 4.78 is 28.5. The number of halogens is 2. The molecule has 1 saturated carbocycles. The number of hydrogen-bond acceptors (Lipinski definition) is 5. The second-order valence-electron chi connectivity index (χ2n) is 12.2. The van der Waals surface area contributed by atoms with Gasteiger partial charge >= 0.3 is 0 Å². The number of benzene rings is 2. The summed E-state index contributed by atoms with van der Waals surface area (Å²) in [6.45, 7) is 3.13. The number of carbonyl (C=O) groups excluding carboxylic acids is 2. The van der Waals surface area contributed by atoms with Gasteiger partial charge in [-0.15, -0.1) is 0 Å². The molecule has 3 aromatic rings. The maximum Gasteiger partial charge on any atom is 0.243 e. The topological polar surface area (TPSA) is 86.4 Å². The third kappa shape index (κ3) is 4.04. The lowest BCUT2D eigenvalue weighted by Crippen LogP contribution is -2.70. The first-order valence-corrected chi connectivity index (χ1v) is 14.4. The van der Waals surface area contributed by atoms with Gasteiger partial charge in [-0.1, -0.05) is 25.0 Å². The zero-order chi connectivity index (χ0) is 28.4. The van der Waals surface area contributed by atoms with Crippen molar-refractivity contribution < 1.29 is 18.4 Å². The van der Waals surface area contributed by atoms with Crippen LogP contribution in [0.1, 0.15) is 54.9 Å². The van der Waals surface area contributed by atoms with Crippen LogP contribution < -0.4 is 16.0 Å². The Morgan fingerprint density at radius 1 is 1.00 bits per heavy atom. The molecule has 9 heteroatoms. The number of aromatic nitrogens is 1. The minimum absolute atomic E-state index is 0.00867. The van der Waals surface area contributed by atoms with Crippen molar-refractivity contribution in [3.8, 4) is 0 Å². The van der Waals surface area contributed by atoms with Gasteiger partial charge in [0.25, 0.3) is 0 Å². The van der Waals surface area contributed by atoms with E-state index in [2.05, 4.69) is 33.1 Å². The maximum absolute atomic E-state index is 14.3. The summed E-state index contributed by atoms with van der Waals surface area (Å²) in [7, 11) is 0. The lowest BCUT2D eigenvalue weighted by atomic mass is 9.79. The molecule has 0 bridgehead atoms. The van der Waals surface area contributed by atoms with Crippen molar-refractivity contribution in [1.82, 2.24) is 15.2 Å². The van der Waals surface area contributed by atoms with Gasteiger partial charge < -0.3 is 20.9 Å². The summed E-state index contributed by atoms with van der Waals surface area (Å²) in [5.74, 6) is -0.685. The van der Waals surface area contributed by atoms with Crippen molar-refractivity contribution >= 4 is 23.3 Å². The molecule has 4 aliphatic rings. The molecule has 1 aromatic heterocycles. The van der Waals surface area contributed by atoms with Crippen molar-refractivity contribution in [3.63, 3.8) is 0 Å². The molecule has 2 aliphatic carbocycles. The fourth-order valence-electron chi connectivity index (χ4n) is 7.52. The Labute approximate surface area is 237 Å². The van der Waals surface area contributed by atoms with Crippen LogP contribution >= 0.6 is 0 Å². The number of pyridine rings is 1. The zero-order valence-electron chi connectivity index (χ0n) is 23.0. The molecule has 41 heavy (non-hydrogen) atoms. The molecule has 1 saturated heterocycles. The van der Waals surface area contributed by atoms with E-state index in [9.17, 15) is 18.4 Å². The second kappa shape index (κ2) is 9.34. The first kappa shape index (κ1) is 26.1. The molecule has 0 unspecified atom stereocenters. The van der Waals surface area contributed by atoms with E-state index in [1.54, 1.807) is 6.20 Å². The highest BCUT2D eigenvalue weighted by Crippen LogP contribution is 2.47. The average molecular weight is 558 g/mol. The van der Waals surface area contributed by atoms with Crippen LogP contribution in [-0.4, -0.2) is 46.9 Å². The largest absolute Gasteiger partial charge is 0.383 e. The van der Waals surface area contributed by atoms with Gasteiger partial charge in [0, 0.05) is 43.1 Å². The average Bonchev–Trinajstić information content (AvgIpc) is 3.65. The molecule has 2 atom stereocenters. The monoisotopic (exact) mass is 557 g/mol. The molecule has 3 N–H and O–H groups in total. The number of nitrogens with zero attached hydrogens (tertiary/aromatic N) is 2. The van der Waals surface area contributed by atoms with Crippen LogP contribution in [0, 0.1) is 11.6 Å². The van der Waals surface area contributed by atoms with Gasteiger partial charge in [0.1, 0.15) is 17.5 Å². The Kier molecular flexibility index (Phi) is 5.94. The summed E-state index contributed by atoms with van der Waals surface area (Å²) in [5.41, 5.74) is 2.40. The SMILES string of the molecule is C[C@@]1(c2cc(F)cc(F)c2)CNC2(CCCC2)C(=O)N1CCNc1ccc2c(c1)C[C@@]1(C2)C(=O)Nc2ncccc21. The highest BCUT2D eigenvalue weighted by Gasteiger charge is 2.53. The van der Waals surface area contributed by atoms with E-state index in [1.165, 1.54) is 12.1 Å². The molecule has 2 fully saturated rings. The van der Waals surface area contributed by atoms with Gasteiger partial charge in [-0.3, -0.25) is 9.59 Å². The Hall–Kier alpha value is -3.85. The highest BCUT2D eigenvalue weighted by atomic mass is 19.1. The van der Waals surface area contributed by atoms with Crippen molar-refractivity contribution in [3.05, 3.63) is 88.6 Å². The quantitative estimate of drug-likeness (QED) is 0.433. The summed E-state index contributed by atoms with van der Waals surface area (Å²) in [6, 6.07) is 13.5. The molecule has 7 rings (SSSR count). The number of carbonyl (C=O) groups is 2. The number of rotatable bonds is 5. The van der Waals surface area contributed by atoms with Crippen LogP contribution in [0.5, 0.6) is 0 Å². The molecule has 2 aliphatic heterocycles. The minimum atomic E-state index is -0.906. The Balaban J connectivity index is 1.11. The number of hydrogen-bond donors (Lipinski definition) is 3. The molecule has 3 heterocycles. The summed E-state index contributed by atoms with van der Waals surface area (Å²) in [4.78, 5) is 33.2. The number of piperazine rings is 1. The van der Waals surface area contributed by atoms with Gasteiger partial charge in [0.05, 0.1) is 16.5 Å². The third-order valence-corrected chi connectivity index (χ3v) is 9.81. The zero-order valence-corrected chi connectivity index (χ0v) is 23.0. The Bertz CT molecular complexity index is 1550. The van der Waals surface area contributed by atoms with E-state index < -0.39 is 28.1 Å². The van der Waals surface area contributed by atoms with Crippen LogP contribution in [0.4, 0.5) is 20.3 Å². The molecule has 212 valence electrons. The third-order valence-electron chi connectivity index (χ3n) is 9.81. The van der Waals surface area contributed by atoms with Crippen molar-refractivity contribution in [2.75, 3.05) is 30.3 Å².